The Morgan fingerprint density at radius 2 is 1.92 bits per heavy atom. The largest absolute Gasteiger partial charge is 0.481 e. The summed E-state index contributed by atoms with van der Waals surface area (Å²) in [4.78, 5) is 29.2. The maximum absolute atomic E-state index is 12.6. The summed E-state index contributed by atoms with van der Waals surface area (Å²) in [5.41, 5.74) is 0.559. The Morgan fingerprint density at radius 3 is 2.56 bits per heavy atom. The molecule has 1 aliphatic heterocycles. The van der Waals surface area contributed by atoms with E-state index in [0.717, 1.165) is 0 Å². The Labute approximate surface area is 146 Å². The van der Waals surface area contributed by atoms with Crippen molar-refractivity contribution in [3.8, 4) is 11.8 Å². The lowest BCUT2D eigenvalue weighted by Gasteiger charge is -2.34. The van der Waals surface area contributed by atoms with Crippen molar-refractivity contribution in [1.82, 2.24) is 19.9 Å². The monoisotopic (exact) mass is 343 g/mol. The number of hydrogen-bond acceptors (Lipinski definition) is 7. The van der Waals surface area contributed by atoms with Gasteiger partial charge in [-0.15, -0.1) is 0 Å². The Balaban J connectivity index is 1.61. The van der Waals surface area contributed by atoms with E-state index in [2.05, 4.69) is 19.9 Å². The second-order valence-corrected chi connectivity index (χ2v) is 5.50. The van der Waals surface area contributed by atoms with Crippen LogP contribution in [-0.2, 0) is 0 Å². The first-order valence-electron chi connectivity index (χ1n) is 8.21. The van der Waals surface area contributed by atoms with Crippen molar-refractivity contribution in [2.45, 2.75) is 6.92 Å². The highest BCUT2D eigenvalue weighted by Crippen LogP contribution is 2.16. The lowest BCUT2D eigenvalue weighted by atomic mass is 10.2. The van der Waals surface area contributed by atoms with Gasteiger partial charge in [-0.2, -0.15) is 4.98 Å². The first-order valence-corrected chi connectivity index (χ1v) is 8.21. The molecule has 25 heavy (non-hydrogen) atoms. The van der Waals surface area contributed by atoms with E-state index in [1.807, 2.05) is 11.8 Å². The fourth-order valence-corrected chi connectivity index (χ4v) is 2.63. The number of amides is 1. The molecule has 0 aliphatic carbocycles. The number of ether oxygens (including phenoxy) is 2. The Bertz CT molecular complexity index is 714. The minimum atomic E-state index is -0.0289. The van der Waals surface area contributed by atoms with E-state index in [-0.39, 0.29) is 5.91 Å². The third-order valence-corrected chi connectivity index (χ3v) is 3.95. The smallest absolute Gasteiger partial charge is 0.255 e. The van der Waals surface area contributed by atoms with Crippen LogP contribution in [0.2, 0.25) is 0 Å². The normalized spacial score (nSPS) is 14.3. The van der Waals surface area contributed by atoms with Gasteiger partial charge in [0.25, 0.3) is 5.91 Å². The lowest BCUT2D eigenvalue weighted by molar-refractivity contribution is 0.0745. The molecule has 1 aliphatic rings. The molecule has 0 spiro atoms. The van der Waals surface area contributed by atoms with Crippen LogP contribution >= 0.6 is 0 Å². The molecule has 132 valence electrons. The molecular weight excluding hydrogens is 322 g/mol. The van der Waals surface area contributed by atoms with E-state index in [1.54, 1.807) is 37.7 Å². The first-order chi connectivity index (χ1) is 12.2. The van der Waals surface area contributed by atoms with Gasteiger partial charge in [0.2, 0.25) is 17.7 Å². The van der Waals surface area contributed by atoms with Crippen LogP contribution in [-0.4, -0.2) is 65.7 Å². The van der Waals surface area contributed by atoms with Gasteiger partial charge in [0.05, 0.1) is 19.3 Å². The number of carbonyl (C=O) groups excluding carboxylic acids is 1. The summed E-state index contributed by atoms with van der Waals surface area (Å²) >= 11 is 0. The summed E-state index contributed by atoms with van der Waals surface area (Å²) < 4.78 is 10.4. The van der Waals surface area contributed by atoms with Gasteiger partial charge in [-0.05, 0) is 13.0 Å². The van der Waals surface area contributed by atoms with Crippen LogP contribution in [0.4, 0.5) is 5.95 Å². The molecule has 1 fully saturated rings. The number of nitrogens with zero attached hydrogens (tertiary/aromatic N) is 5. The molecule has 0 radical (unpaired) electrons. The summed E-state index contributed by atoms with van der Waals surface area (Å²) in [5.74, 6) is 1.66. The quantitative estimate of drug-likeness (QED) is 0.808. The van der Waals surface area contributed by atoms with Gasteiger partial charge in [0.15, 0.2) is 0 Å². The second-order valence-electron chi connectivity index (χ2n) is 5.50. The van der Waals surface area contributed by atoms with Crippen molar-refractivity contribution in [3.05, 3.63) is 36.2 Å². The van der Waals surface area contributed by atoms with Crippen LogP contribution in [0.25, 0.3) is 0 Å². The first kappa shape index (κ1) is 16.9. The van der Waals surface area contributed by atoms with Gasteiger partial charge in [-0.25, -0.2) is 9.97 Å². The highest BCUT2D eigenvalue weighted by atomic mass is 16.5. The van der Waals surface area contributed by atoms with Crippen LogP contribution in [0.3, 0.4) is 0 Å². The number of piperazine rings is 1. The molecule has 0 bridgehead atoms. The zero-order valence-electron chi connectivity index (χ0n) is 14.4. The molecule has 8 heteroatoms. The number of methoxy groups -OCH3 is 1. The molecule has 1 saturated heterocycles. The summed E-state index contributed by atoms with van der Waals surface area (Å²) in [5, 5.41) is 0. The summed E-state index contributed by atoms with van der Waals surface area (Å²) in [6, 6.07) is 5.16. The summed E-state index contributed by atoms with van der Waals surface area (Å²) in [6.45, 7) is 5.03. The second kappa shape index (κ2) is 7.78. The number of carbonyl (C=O) groups is 1. The molecule has 0 aromatic carbocycles. The van der Waals surface area contributed by atoms with Gasteiger partial charge in [-0.1, -0.05) is 0 Å². The Kier molecular flexibility index (Phi) is 5.27. The van der Waals surface area contributed by atoms with Gasteiger partial charge in [0.1, 0.15) is 0 Å². The van der Waals surface area contributed by atoms with E-state index in [0.29, 0.717) is 56.1 Å². The summed E-state index contributed by atoms with van der Waals surface area (Å²) in [6.07, 6.45) is 3.23. The molecule has 0 unspecified atom stereocenters. The topological polar surface area (TPSA) is 80.7 Å². The zero-order chi connectivity index (χ0) is 17.6. The lowest BCUT2D eigenvalue weighted by Crippen LogP contribution is -2.49. The van der Waals surface area contributed by atoms with Gasteiger partial charge >= 0.3 is 0 Å². The number of aromatic nitrogens is 3. The minimum absolute atomic E-state index is 0.0289. The van der Waals surface area contributed by atoms with Crippen LogP contribution in [0.1, 0.15) is 17.3 Å². The third-order valence-electron chi connectivity index (χ3n) is 3.95. The van der Waals surface area contributed by atoms with E-state index in [1.165, 1.54) is 0 Å². The molecule has 3 heterocycles. The van der Waals surface area contributed by atoms with E-state index < -0.39 is 0 Å². The molecule has 3 rings (SSSR count). The van der Waals surface area contributed by atoms with Gasteiger partial charge in [-0.3, -0.25) is 4.79 Å². The molecule has 2 aromatic rings. The maximum Gasteiger partial charge on any atom is 0.255 e. The molecule has 8 nitrogen and oxygen atoms in total. The van der Waals surface area contributed by atoms with Crippen molar-refractivity contribution in [2.24, 2.45) is 0 Å². The van der Waals surface area contributed by atoms with Crippen LogP contribution < -0.4 is 14.4 Å². The molecular formula is C17H21N5O3. The molecule has 0 saturated carbocycles. The number of rotatable bonds is 5. The van der Waals surface area contributed by atoms with Crippen molar-refractivity contribution in [2.75, 3.05) is 44.8 Å². The predicted octanol–water partition coefficient (Wildman–Crippen LogP) is 1.24. The highest BCUT2D eigenvalue weighted by molar-refractivity contribution is 5.94. The van der Waals surface area contributed by atoms with Crippen molar-refractivity contribution >= 4 is 11.9 Å². The number of hydrogen-bond donors (Lipinski definition) is 0. The number of anilines is 1. The average Bonchev–Trinajstić information content (AvgIpc) is 2.68. The van der Waals surface area contributed by atoms with Crippen molar-refractivity contribution in [1.29, 1.82) is 0 Å². The Hall–Kier alpha value is -2.90. The molecule has 1 amide bonds. The van der Waals surface area contributed by atoms with Crippen LogP contribution in [0.5, 0.6) is 11.8 Å². The van der Waals surface area contributed by atoms with E-state index in [9.17, 15) is 4.79 Å². The molecule has 0 N–H and O–H groups in total. The van der Waals surface area contributed by atoms with Gasteiger partial charge in [0, 0.05) is 50.7 Å². The third kappa shape index (κ3) is 3.96. The summed E-state index contributed by atoms with van der Waals surface area (Å²) in [7, 11) is 1.55. The molecule has 2 aromatic heterocycles. The minimum Gasteiger partial charge on any atom is -0.481 e. The zero-order valence-corrected chi connectivity index (χ0v) is 14.4. The average molecular weight is 343 g/mol. The number of pyridine rings is 1. The van der Waals surface area contributed by atoms with E-state index >= 15 is 0 Å². The van der Waals surface area contributed by atoms with Gasteiger partial charge < -0.3 is 19.3 Å². The van der Waals surface area contributed by atoms with Crippen LogP contribution in [0.15, 0.2) is 30.6 Å². The van der Waals surface area contributed by atoms with E-state index in [4.69, 9.17) is 9.47 Å². The van der Waals surface area contributed by atoms with Crippen molar-refractivity contribution < 1.29 is 14.3 Å². The van der Waals surface area contributed by atoms with Crippen LogP contribution in [0, 0.1) is 0 Å². The molecule has 0 atom stereocenters. The standard InChI is InChI=1S/C17H21N5O3/c1-3-25-15-6-7-18-17(20-15)22-10-8-21(9-11-22)16(23)13-4-5-14(24-2)19-12-13/h4-7,12H,3,8-11H2,1-2H3. The fraction of sp³-hybridized carbons (Fsp3) is 0.412. The predicted molar refractivity (Wildman–Crippen MR) is 92.1 cm³/mol. The fourth-order valence-electron chi connectivity index (χ4n) is 2.63. The SMILES string of the molecule is CCOc1ccnc(N2CCN(C(=O)c3ccc(OC)nc3)CC2)n1. The van der Waals surface area contributed by atoms with Crippen molar-refractivity contribution in [3.63, 3.8) is 0 Å². The maximum atomic E-state index is 12.6. The Morgan fingerprint density at radius 1 is 1.12 bits per heavy atom. The highest BCUT2D eigenvalue weighted by Gasteiger charge is 2.24.